The molecule has 2 aromatic heterocycles. The molecule has 226 valence electrons. The summed E-state index contributed by atoms with van der Waals surface area (Å²) in [6.07, 6.45) is 3.46. The third-order valence-corrected chi connectivity index (χ3v) is 9.84. The van der Waals surface area contributed by atoms with Crippen molar-refractivity contribution in [3.8, 4) is 29.1 Å². The van der Waals surface area contributed by atoms with Gasteiger partial charge in [0.1, 0.15) is 41.3 Å². The molecule has 6 heterocycles. The van der Waals surface area contributed by atoms with Crippen molar-refractivity contribution in [2.45, 2.75) is 62.8 Å². The summed E-state index contributed by atoms with van der Waals surface area (Å²) in [6.45, 7) is 4.59. The maximum Gasteiger partial charge on any atom is 0.319 e. The summed E-state index contributed by atoms with van der Waals surface area (Å²) in [6, 6.07) is 10.5. The van der Waals surface area contributed by atoms with E-state index in [1.807, 2.05) is 6.07 Å². The van der Waals surface area contributed by atoms with Crippen LogP contribution in [0.25, 0.3) is 32.9 Å². The first kappa shape index (κ1) is 27.6. The molecule has 0 unspecified atom stereocenters. The van der Waals surface area contributed by atoms with Gasteiger partial charge in [0.25, 0.3) is 0 Å². The Morgan fingerprint density at radius 3 is 2.73 bits per heavy atom. The molecule has 8 rings (SSSR count). The molecule has 0 radical (unpaired) electrons. The molecule has 2 bridgehead atoms. The maximum absolute atomic E-state index is 16.9. The number of ether oxygens (including phenoxy) is 1. The van der Waals surface area contributed by atoms with Crippen LogP contribution in [0.15, 0.2) is 36.4 Å². The van der Waals surface area contributed by atoms with Crippen molar-refractivity contribution in [1.82, 2.24) is 25.2 Å². The van der Waals surface area contributed by atoms with Gasteiger partial charge in [0, 0.05) is 43.7 Å². The number of rotatable bonds is 5. The molecule has 4 saturated heterocycles. The van der Waals surface area contributed by atoms with Crippen LogP contribution in [0.4, 0.5) is 19.0 Å². The summed E-state index contributed by atoms with van der Waals surface area (Å²) >= 11 is 0. The molecule has 0 spiro atoms. The number of nitrogens with one attached hydrogen (secondary N) is 1. The van der Waals surface area contributed by atoms with E-state index in [2.05, 4.69) is 31.9 Å². The van der Waals surface area contributed by atoms with Gasteiger partial charge in [-0.05, 0) is 68.0 Å². The highest BCUT2D eigenvalue weighted by atomic mass is 19.1. The number of piperazine rings is 1. The Kier molecular flexibility index (Phi) is 6.65. The van der Waals surface area contributed by atoms with E-state index in [1.165, 1.54) is 12.1 Å². The Balaban J connectivity index is 1.31. The van der Waals surface area contributed by atoms with E-state index < -0.39 is 23.3 Å². The second kappa shape index (κ2) is 10.6. The molecule has 44 heavy (non-hydrogen) atoms. The van der Waals surface area contributed by atoms with Crippen LogP contribution >= 0.6 is 0 Å². The lowest BCUT2D eigenvalue weighted by Gasteiger charge is -2.35. The van der Waals surface area contributed by atoms with E-state index in [9.17, 15) is 8.78 Å². The van der Waals surface area contributed by atoms with Gasteiger partial charge in [-0.1, -0.05) is 30.2 Å². The molecular weight excluding hydrogens is 565 g/mol. The Labute approximate surface area is 253 Å². The van der Waals surface area contributed by atoms with Crippen molar-refractivity contribution in [3.63, 3.8) is 0 Å². The van der Waals surface area contributed by atoms with Crippen molar-refractivity contribution in [2.24, 2.45) is 0 Å². The molecule has 1 N–H and O–H groups in total. The summed E-state index contributed by atoms with van der Waals surface area (Å²) in [5.41, 5.74) is 0.502. The molecule has 4 aliphatic heterocycles. The van der Waals surface area contributed by atoms with Gasteiger partial charge >= 0.3 is 6.01 Å². The van der Waals surface area contributed by atoms with Gasteiger partial charge in [0.05, 0.1) is 10.9 Å². The van der Waals surface area contributed by atoms with Gasteiger partial charge in [-0.15, -0.1) is 0 Å². The Morgan fingerprint density at radius 1 is 1.07 bits per heavy atom. The van der Waals surface area contributed by atoms with Crippen molar-refractivity contribution in [1.29, 1.82) is 0 Å². The number of benzene rings is 2. The van der Waals surface area contributed by atoms with Gasteiger partial charge in [0.15, 0.2) is 5.82 Å². The first-order valence-corrected chi connectivity index (χ1v) is 15.5. The predicted octanol–water partition coefficient (Wildman–Crippen LogP) is 5.39. The van der Waals surface area contributed by atoms with Gasteiger partial charge in [-0.2, -0.15) is 9.97 Å². The Hall–Kier alpha value is -3.94. The third kappa shape index (κ3) is 4.56. The normalized spacial score (nSPS) is 26.3. The number of anilines is 1. The maximum atomic E-state index is 16.9. The van der Waals surface area contributed by atoms with E-state index in [1.54, 1.807) is 25.1 Å². The minimum absolute atomic E-state index is 0.0408. The first-order valence-electron chi connectivity index (χ1n) is 15.5. The van der Waals surface area contributed by atoms with Gasteiger partial charge in [-0.25, -0.2) is 18.2 Å². The smallest absolute Gasteiger partial charge is 0.319 e. The Bertz CT molecular complexity index is 1840. The Morgan fingerprint density at radius 2 is 1.91 bits per heavy atom. The third-order valence-electron chi connectivity index (χ3n) is 9.84. The number of alkyl halides is 1. The zero-order chi connectivity index (χ0) is 30.0. The number of pyridine rings is 1. The molecule has 4 aliphatic rings. The summed E-state index contributed by atoms with van der Waals surface area (Å²) < 4.78 is 52.0. The lowest BCUT2D eigenvalue weighted by molar-refractivity contribution is 0.107. The number of hydrogen-bond donors (Lipinski definition) is 1. The molecule has 4 fully saturated rings. The van der Waals surface area contributed by atoms with Gasteiger partial charge in [0.2, 0.25) is 0 Å². The van der Waals surface area contributed by atoms with Crippen LogP contribution in [-0.2, 0) is 0 Å². The molecule has 2 aromatic carbocycles. The number of halogens is 3. The quantitative estimate of drug-likeness (QED) is 0.309. The van der Waals surface area contributed by atoms with Gasteiger partial charge < -0.3 is 15.0 Å². The number of aromatic nitrogens is 3. The largest absolute Gasteiger partial charge is 0.461 e. The molecule has 0 aliphatic carbocycles. The highest BCUT2D eigenvalue weighted by Gasteiger charge is 2.49. The summed E-state index contributed by atoms with van der Waals surface area (Å²) in [7, 11) is 0. The van der Waals surface area contributed by atoms with Crippen LogP contribution in [0.2, 0.25) is 0 Å². The SMILES string of the molecule is CC#Cc1nc(-c2cccc3ccc(F)cc23)c(F)c2nc(OC[C@@]34CCCN3C[C@H](F)C4)nc(N3C[C@H]4CC[C@@H](C3)N4)c12. The second-order valence-electron chi connectivity index (χ2n) is 12.6. The molecule has 7 nitrogen and oxygen atoms in total. The van der Waals surface area contributed by atoms with E-state index >= 15 is 4.39 Å². The second-order valence-corrected chi connectivity index (χ2v) is 12.6. The van der Waals surface area contributed by atoms with Crippen molar-refractivity contribution in [2.75, 3.05) is 37.7 Å². The fourth-order valence-corrected chi connectivity index (χ4v) is 7.88. The van der Waals surface area contributed by atoms with Crippen LogP contribution in [0.1, 0.15) is 44.7 Å². The minimum Gasteiger partial charge on any atom is -0.461 e. The fourth-order valence-electron chi connectivity index (χ4n) is 7.88. The predicted molar refractivity (Wildman–Crippen MR) is 163 cm³/mol. The van der Waals surface area contributed by atoms with Crippen molar-refractivity contribution < 1.29 is 17.9 Å². The first-order chi connectivity index (χ1) is 21.4. The molecule has 0 saturated carbocycles. The monoisotopic (exact) mass is 598 g/mol. The molecule has 4 atom stereocenters. The highest BCUT2D eigenvalue weighted by Crippen LogP contribution is 2.41. The molecule has 10 heteroatoms. The van der Waals surface area contributed by atoms with Crippen LogP contribution in [0.3, 0.4) is 0 Å². The van der Waals surface area contributed by atoms with E-state index in [4.69, 9.17) is 14.7 Å². The zero-order valence-electron chi connectivity index (χ0n) is 24.5. The lowest BCUT2D eigenvalue weighted by Crippen LogP contribution is -2.51. The zero-order valence-corrected chi connectivity index (χ0v) is 24.5. The fraction of sp³-hybridized carbons (Fsp3) is 0.441. The highest BCUT2D eigenvalue weighted by molar-refractivity contribution is 6.01. The number of nitrogens with zero attached hydrogens (tertiary/aromatic N) is 5. The molecule has 0 amide bonds. The van der Waals surface area contributed by atoms with Crippen molar-refractivity contribution in [3.05, 3.63) is 53.7 Å². The lowest BCUT2D eigenvalue weighted by atomic mass is 9.95. The summed E-state index contributed by atoms with van der Waals surface area (Å²) in [5.74, 6) is 5.49. The van der Waals surface area contributed by atoms with Crippen LogP contribution in [0, 0.1) is 23.5 Å². The van der Waals surface area contributed by atoms with Crippen molar-refractivity contribution >= 4 is 27.5 Å². The van der Waals surface area contributed by atoms with Crippen LogP contribution in [0.5, 0.6) is 6.01 Å². The standard InChI is InChI=1S/C34H33F3N6O/c1-2-5-27-28-31(29(37)30(39-27)25-7-3-6-20-8-9-21(35)14-26(20)25)40-33(41-32(28)42-17-23-10-11-24(18-42)38-23)44-19-34-12-4-13-43(34)16-22(36)15-34/h3,6-9,14,22-24,38H,4,10-13,15-19H2,1H3/t22-,23-,24+,34+/m1/s1. The minimum atomic E-state index is -0.893. The number of hydrogen-bond acceptors (Lipinski definition) is 7. The van der Waals surface area contributed by atoms with Crippen LogP contribution in [-0.4, -0.2) is 76.4 Å². The number of fused-ring (bicyclic) bond motifs is 5. The van der Waals surface area contributed by atoms with E-state index in [0.717, 1.165) is 37.6 Å². The molecule has 4 aromatic rings. The van der Waals surface area contributed by atoms with E-state index in [0.29, 0.717) is 66.0 Å². The molecular formula is C34H33F3N6O. The average molecular weight is 599 g/mol. The summed E-state index contributed by atoms with van der Waals surface area (Å²) in [5, 5.41) is 5.38. The topological polar surface area (TPSA) is 66.4 Å². The summed E-state index contributed by atoms with van der Waals surface area (Å²) in [4.78, 5) is 18.6. The van der Waals surface area contributed by atoms with Gasteiger partial charge in [-0.3, -0.25) is 4.90 Å². The van der Waals surface area contributed by atoms with E-state index in [-0.39, 0.29) is 23.8 Å². The average Bonchev–Trinajstić information content (AvgIpc) is 3.67. The van der Waals surface area contributed by atoms with Crippen LogP contribution < -0.4 is 15.0 Å².